The number of methoxy groups -OCH3 is 1. The largest absolute Gasteiger partial charge is 0.497 e. The van der Waals surface area contributed by atoms with Crippen LogP contribution < -0.4 is 10.1 Å². The maximum atomic E-state index is 9.52. The quantitative estimate of drug-likeness (QED) is 0.840. The summed E-state index contributed by atoms with van der Waals surface area (Å²) >= 11 is 0. The van der Waals surface area contributed by atoms with E-state index in [2.05, 4.69) is 24.4 Å². The van der Waals surface area contributed by atoms with Crippen molar-refractivity contribution in [2.45, 2.75) is 63.6 Å². The molecule has 1 saturated carbocycles. The van der Waals surface area contributed by atoms with E-state index >= 15 is 0 Å². The topological polar surface area (TPSA) is 41.5 Å². The average Bonchev–Trinajstić information content (AvgIpc) is 2.48. The number of nitrogens with one attached hydrogen (secondary N) is 1. The van der Waals surface area contributed by atoms with Gasteiger partial charge in [-0.3, -0.25) is 0 Å². The van der Waals surface area contributed by atoms with E-state index in [1.807, 2.05) is 12.1 Å². The highest BCUT2D eigenvalue weighted by Crippen LogP contribution is 2.19. The number of aliphatic hydroxyl groups excluding tert-OH is 1. The van der Waals surface area contributed by atoms with Crippen molar-refractivity contribution in [3.05, 3.63) is 29.8 Å². The van der Waals surface area contributed by atoms with Crippen LogP contribution in [0.5, 0.6) is 5.75 Å². The zero-order valence-electron chi connectivity index (χ0n) is 12.6. The van der Waals surface area contributed by atoms with Crippen LogP contribution in [0.25, 0.3) is 0 Å². The summed E-state index contributed by atoms with van der Waals surface area (Å²) in [4.78, 5) is 0. The van der Waals surface area contributed by atoms with Crippen LogP contribution in [0.1, 0.15) is 44.6 Å². The average molecular weight is 277 g/mol. The molecular weight excluding hydrogens is 250 g/mol. The number of ether oxygens (including phenoxy) is 1. The first-order chi connectivity index (χ1) is 9.67. The summed E-state index contributed by atoms with van der Waals surface area (Å²) in [5.41, 5.74) is 1.36. The first-order valence-corrected chi connectivity index (χ1v) is 7.74. The Morgan fingerprint density at radius 1 is 1.20 bits per heavy atom. The van der Waals surface area contributed by atoms with Gasteiger partial charge in [-0.2, -0.15) is 0 Å². The van der Waals surface area contributed by atoms with Crippen LogP contribution in [-0.2, 0) is 6.42 Å². The Morgan fingerprint density at radius 3 is 2.45 bits per heavy atom. The summed E-state index contributed by atoms with van der Waals surface area (Å²) in [7, 11) is 1.70. The van der Waals surface area contributed by atoms with Crippen LogP contribution in [-0.4, -0.2) is 30.4 Å². The minimum absolute atomic E-state index is 0.0670. The predicted octanol–water partition coefficient (Wildman–Crippen LogP) is 2.91. The third-order valence-corrected chi connectivity index (χ3v) is 4.24. The van der Waals surface area contributed by atoms with Crippen molar-refractivity contribution in [3.8, 4) is 5.75 Å². The summed E-state index contributed by atoms with van der Waals surface area (Å²) in [5, 5.41) is 13.2. The second kappa shape index (κ2) is 7.65. The van der Waals surface area contributed by atoms with E-state index in [0.29, 0.717) is 12.1 Å². The summed E-state index contributed by atoms with van der Waals surface area (Å²) < 4.78 is 5.17. The van der Waals surface area contributed by atoms with Crippen LogP contribution >= 0.6 is 0 Å². The Hall–Kier alpha value is -1.06. The van der Waals surface area contributed by atoms with Gasteiger partial charge in [0.1, 0.15) is 5.75 Å². The van der Waals surface area contributed by atoms with Gasteiger partial charge in [0.05, 0.1) is 13.2 Å². The fourth-order valence-corrected chi connectivity index (χ4v) is 2.90. The van der Waals surface area contributed by atoms with Crippen LogP contribution in [0.15, 0.2) is 24.3 Å². The molecule has 0 bridgehead atoms. The maximum absolute atomic E-state index is 9.52. The molecule has 1 aromatic carbocycles. The van der Waals surface area contributed by atoms with Gasteiger partial charge < -0.3 is 15.2 Å². The molecule has 1 fully saturated rings. The van der Waals surface area contributed by atoms with Crippen LogP contribution in [0.2, 0.25) is 0 Å². The lowest BCUT2D eigenvalue weighted by atomic mass is 9.92. The molecule has 1 atom stereocenters. The zero-order chi connectivity index (χ0) is 14.4. The molecule has 0 saturated heterocycles. The fourth-order valence-electron chi connectivity index (χ4n) is 2.90. The van der Waals surface area contributed by atoms with E-state index in [4.69, 9.17) is 4.74 Å². The second-order valence-corrected chi connectivity index (χ2v) is 5.96. The number of hydrogen-bond acceptors (Lipinski definition) is 3. The van der Waals surface area contributed by atoms with Crippen molar-refractivity contribution in [2.75, 3.05) is 7.11 Å². The number of benzene rings is 1. The van der Waals surface area contributed by atoms with E-state index in [1.165, 1.54) is 5.56 Å². The molecule has 1 aliphatic rings. The molecule has 3 heteroatoms. The van der Waals surface area contributed by atoms with Crippen LogP contribution in [0.4, 0.5) is 0 Å². The summed E-state index contributed by atoms with van der Waals surface area (Å²) in [6.07, 6.45) is 6.27. The lowest BCUT2D eigenvalue weighted by Gasteiger charge is -2.29. The van der Waals surface area contributed by atoms with E-state index in [0.717, 1.165) is 44.3 Å². The zero-order valence-corrected chi connectivity index (χ0v) is 12.6. The summed E-state index contributed by atoms with van der Waals surface area (Å²) in [6.45, 7) is 2.26. The van der Waals surface area contributed by atoms with Crippen molar-refractivity contribution in [2.24, 2.45) is 0 Å². The minimum atomic E-state index is -0.0670. The molecule has 1 aromatic rings. The third kappa shape index (κ3) is 4.80. The highest BCUT2D eigenvalue weighted by atomic mass is 16.5. The summed E-state index contributed by atoms with van der Waals surface area (Å²) in [5.74, 6) is 0.917. The highest BCUT2D eigenvalue weighted by Gasteiger charge is 2.20. The first-order valence-electron chi connectivity index (χ1n) is 7.74. The van der Waals surface area contributed by atoms with Crippen LogP contribution in [0.3, 0.4) is 0 Å². The van der Waals surface area contributed by atoms with Gasteiger partial charge in [0.25, 0.3) is 0 Å². The molecule has 20 heavy (non-hydrogen) atoms. The molecule has 0 aliphatic heterocycles. The maximum Gasteiger partial charge on any atom is 0.118 e. The Bertz CT molecular complexity index is 382. The molecule has 2 N–H and O–H groups in total. The Balaban J connectivity index is 1.70. The third-order valence-electron chi connectivity index (χ3n) is 4.24. The van der Waals surface area contributed by atoms with Gasteiger partial charge in [0, 0.05) is 12.1 Å². The molecule has 0 spiro atoms. The van der Waals surface area contributed by atoms with Gasteiger partial charge >= 0.3 is 0 Å². The van der Waals surface area contributed by atoms with Crippen molar-refractivity contribution >= 4 is 0 Å². The van der Waals surface area contributed by atoms with E-state index < -0.39 is 0 Å². The predicted molar refractivity (Wildman–Crippen MR) is 82.2 cm³/mol. The van der Waals surface area contributed by atoms with Gasteiger partial charge in [-0.25, -0.2) is 0 Å². The van der Waals surface area contributed by atoms with E-state index in [-0.39, 0.29) is 6.10 Å². The Morgan fingerprint density at radius 2 is 1.85 bits per heavy atom. The second-order valence-electron chi connectivity index (χ2n) is 5.96. The van der Waals surface area contributed by atoms with E-state index in [9.17, 15) is 5.11 Å². The number of aliphatic hydroxyl groups is 1. The fraction of sp³-hybridized carbons (Fsp3) is 0.647. The number of rotatable bonds is 6. The number of hydrogen-bond donors (Lipinski definition) is 2. The van der Waals surface area contributed by atoms with Gasteiger partial charge in [0.15, 0.2) is 0 Å². The van der Waals surface area contributed by atoms with Crippen LogP contribution in [0, 0.1) is 0 Å². The molecule has 1 unspecified atom stereocenters. The number of aryl methyl sites for hydroxylation is 1. The van der Waals surface area contributed by atoms with Gasteiger partial charge in [0.2, 0.25) is 0 Å². The molecule has 0 heterocycles. The van der Waals surface area contributed by atoms with Crippen molar-refractivity contribution < 1.29 is 9.84 Å². The molecule has 1 aliphatic carbocycles. The molecule has 0 aromatic heterocycles. The Kier molecular flexibility index (Phi) is 5.86. The molecule has 2 rings (SSSR count). The van der Waals surface area contributed by atoms with Gasteiger partial charge in [-0.15, -0.1) is 0 Å². The monoisotopic (exact) mass is 277 g/mol. The lowest BCUT2D eigenvalue weighted by Crippen LogP contribution is -2.40. The highest BCUT2D eigenvalue weighted by molar-refractivity contribution is 5.27. The summed E-state index contributed by atoms with van der Waals surface area (Å²) in [6, 6.07) is 9.44. The normalized spacial score (nSPS) is 24.4. The van der Waals surface area contributed by atoms with Crippen molar-refractivity contribution in [1.82, 2.24) is 5.32 Å². The van der Waals surface area contributed by atoms with Crippen molar-refractivity contribution in [3.63, 3.8) is 0 Å². The molecule has 0 amide bonds. The van der Waals surface area contributed by atoms with Gasteiger partial charge in [-0.05, 0) is 63.1 Å². The van der Waals surface area contributed by atoms with Gasteiger partial charge in [-0.1, -0.05) is 12.1 Å². The van der Waals surface area contributed by atoms with E-state index in [1.54, 1.807) is 7.11 Å². The lowest BCUT2D eigenvalue weighted by molar-refractivity contribution is 0.114. The molecule has 3 nitrogen and oxygen atoms in total. The smallest absolute Gasteiger partial charge is 0.118 e. The standard InChI is InChI=1S/C17H27NO2/c1-13(18-15-7-9-16(19)10-8-15)3-4-14-5-11-17(20-2)12-6-14/h5-6,11-13,15-16,18-19H,3-4,7-10H2,1-2H3. The minimum Gasteiger partial charge on any atom is -0.497 e. The molecule has 112 valence electrons. The SMILES string of the molecule is COc1ccc(CCC(C)NC2CCC(O)CC2)cc1. The first kappa shape index (κ1) is 15.3. The van der Waals surface area contributed by atoms with Crippen molar-refractivity contribution in [1.29, 1.82) is 0 Å². The molecular formula is C17H27NO2. The Labute approximate surface area is 122 Å². The molecule has 0 radical (unpaired) electrons.